The van der Waals surface area contributed by atoms with Crippen molar-refractivity contribution in [3.63, 3.8) is 0 Å². The Labute approximate surface area is 111 Å². The summed E-state index contributed by atoms with van der Waals surface area (Å²) in [5.74, 6) is 0.310. The van der Waals surface area contributed by atoms with E-state index in [4.69, 9.17) is 4.42 Å². The fraction of sp³-hybridized carbons (Fsp3) is 0.0909. The molecule has 2 rings (SSSR count). The van der Waals surface area contributed by atoms with E-state index < -0.39 is 10.8 Å². The van der Waals surface area contributed by atoms with Crippen molar-refractivity contribution in [2.45, 2.75) is 6.92 Å². The van der Waals surface area contributed by atoms with Crippen molar-refractivity contribution in [2.24, 2.45) is 5.10 Å². The van der Waals surface area contributed by atoms with Crippen molar-refractivity contribution in [3.05, 3.63) is 50.8 Å². The number of nitrogens with zero attached hydrogens (tertiary/aromatic N) is 2. The number of nitro groups is 1. The minimum Gasteiger partial charge on any atom is -0.456 e. The van der Waals surface area contributed by atoms with Crippen molar-refractivity contribution >= 4 is 28.5 Å². The fourth-order valence-corrected chi connectivity index (χ4v) is 1.97. The van der Waals surface area contributed by atoms with Gasteiger partial charge < -0.3 is 4.42 Å². The molecule has 0 aromatic carbocycles. The predicted octanol–water partition coefficient (Wildman–Crippen LogP) is 2.32. The maximum absolute atomic E-state index is 11.5. The molecular weight excluding hydrogens is 270 g/mol. The van der Waals surface area contributed by atoms with Crippen LogP contribution in [0.25, 0.3) is 0 Å². The highest BCUT2D eigenvalue weighted by Crippen LogP contribution is 2.22. The first-order valence-electron chi connectivity index (χ1n) is 5.20. The van der Waals surface area contributed by atoms with Gasteiger partial charge in [0.1, 0.15) is 5.76 Å². The van der Waals surface area contributed by atoms with Crippen LogP contribution in [0.1, 0.15) is 21.2 Å². The van der Waals surface area contributed by atoms with E-state index in [-0.39, 0.29) is 10.8 Å². The standard InChI is InChI=1S/C11H9N3O4S/c1-7-2-4-9(18-7)11(15)13-12-6-8-3-5-10(19-8)14(16)17/h2-6H,1H3,(H,13,15)/b12-6+. The first kappa shape index (κ1) is 13.0. The van der Waals surface area contributed by atoms with Gasteiger partial charge in [-0.25, -0.2) is 5.43 Å². The van der Waals surface area contributed by atoms with E-state index in [1.165, 1.54) is 18.3 Å². The second-order valence-electron chi connectivity index (χ2n) is 3.54. The lowest BCUT2D eigenvalue weighted by atomic mass is 10.4. The monoisotopic (exact) mass is 279 g/mol. The van der Waals surface area contributed by atoms with Gasteiger partial charge in [0.05, 0.1) is 16.0 Å². The van der Waals surface area contributed by atoms with Crippen LogP contribution in [0.5, 0.6) is 0 Å². The molecule has 98 valence electrons. The molecule has 2 heterocycles. The second-order valence-corrected chi connectivity index (χ2v) is 4.64. The lowest BCUT2D eigenvalue weighted by molar-refractivity contribution is -0.380. The van der Waals surface area contributed by atoms with Crippen LogP contribution in [0.4, 0.5) is 5.00 Å². The second kappa shape index (κ2) is 5.44. The van der Waals surface area contributed by atoms with Gasteiger partial charge >= 0.3 is 10.9 Å². The fourth-order valence-electron chi connectivity index (χ4n) is 1.28. The molecule has 7 nitrogen and oxygen atoms in total. The molecule has 0 saturated carbocycles. The Morgan fingerprint density at radius 3 is 2.84 bits per heavy atom. The number of rotatable bonds is 4. The number of furan rings is 1. The Balaban J connectivity index is 1.96. The summed E-state index contributed by atoms with van der Waals surface area (Å²) in [5.41, 5.74) is 2.27. The summed E-state index contributed by atoms with van der Waals surface area (Å²) >= 11 is 0.969. The predicted molar refractivity (Wildman–Crippen MR) is 69.5 cm³/mol. The molecule has 2 aromatic rings. The molecule has 0 saturated heterocycles. The third-order valence-electron chi connectivity index (χ3n) is 2.11. The van der Waals surface area contributed by atoms with Crippen LogP contribution in [-0.4, -0.2) is 17.0 Å². The molecule has 0 bridgehead atoms. The number of thiophene rings is 1. The Bertz CT molecular complexity index is 644. The van der Waals surface area contributed by atoms with Gasteiger partial charge in [0.2, 0.25) is 0 Å². The minimum absolute atomic E-state index is 0.0226. The Kier molecular flexibility index (Phi) is 3.71. The number of aryl methyl sites for hydroxylation is 1. The number of amides is 1. The van der Waals surface area contributed by atoms with Crippen LogP contribution in [0.2, 0.25) is 0 Å². The first-order chi connectivity index (χ1) is 9.06. The van der Waals surface area contributed by atoms with Crippen LogP contribution in [0.3, 0.4) is 0 Å². The van der Waals surface area contributed by atoms with Gasteiger partial charge in [-0.1, -0.05) is 11.3 Å². The van der Waals surface area contributed by atoms with E-state index in [0.29, 0.717) is 10.6 Å². The zero-order chi connectivity index (χ0) is 13.8. The summed E-state index contributed by atoms with van der Waals surface area (Å²) in [7, 11) is 0. The molecular formula is C11H9N3O4S. The van der Waals surface area contributed by atoms with Crippen molar-refractivity contribution in [1.29, 1.82) is 0 Å². The highest BCUT2D eigenvalue weighted by atomic mass is 32.1. The summed E-state index contributed by atoms with van der Waals surface area (Å²) in [6, 6.07) is 6.14. The minimum atomic E-state index is -0.480. The Morgan fingerprint density at radius 2 is 2.26 bits per heavy atom. The third kappa shape index (κ3) is 3.26. The number of hydrogen-bond acceptors (Lipinski definition) is 6. The first-order valence-corrected chi connectivity index (χ1v) is 6.02. The molecule has 0 radical (unpaired) electrons. The molecule has 8 heteroatoms. The SMILES string of the molecule is Cc1ccc(C(=O)N/N=C/c2ccc([N+](=O)[O-])s2)o1. The van der Waals surface area contributed by atoms with E-state index in [0.717, 1.165) is 11.3 Å². The topological polar surface area (TPSA) is 97.7 Å². The average Bonchev–Trinajstić information content (AvgIpc) is 2.98. The summed E-state index contributed by atoms with van der Waals surface area (Å²) in [6.45, 7) is 1.73. The molecule has 0 fully saturated rings. The van der Waals surface area contributed by atoms with E-state index in [1.54, 1.807) is 19.1 Å². The van der Waals surface area contributed by atoms with Gasteiger partial charge in [0.25, 0.3) is 0 Å². The van der Waals surface area contributed by atoms with Gasteiger partial charge in [-0.3, -0.25) is 14.9 Å². The molecule has 1 amide bonds. The summed E-state index contributed by atoms with van der Waals surface area (Å²) in [5, 5.41) is 14.2. The van der Waals surface area contributed by atoms with Gasteiger partial charge in [-0.2, -0.15) is 5.10 Å². The quantitative estimate of drug-likeness (QED) is 0.527. The number of carbonyl (C=O) groups is 1. The molecule has 19 heavy (non-hydrogen) atoms. The average molecular weight is 279 g/mol. The van der Waals surface area contributed by atoms with Gasteiger partial charge in [0.15, 0.2) is 5.76 Å². The molecule has 0 aliphatic carbocycles. The van der Waals surface area contributed by atoms with Crippen molar-refractivity contribution in [2.75, 3.05) is 0 Å². The Morgan fingerprint density at radius 1 is 1.47 bits per heavy atom. The van der Waals surface area contributed by atoms with Gasteiger partial charge in [-0.05, 0) is 25.1 Å². The zero-order valence-electron chi connectivity index (χ0n) is 9.82. The maximum Gasteiger partial charge on any atom is 0.324 e. The van der Waals surface area contributed by atoms with Crippen molar-refractivity contribution in [1.82, 2.24) is 5.43 Å². The van der Waals surface area contributed by atoms with Gasteiger partial charge in [0, 0.05) is 6.07 Å². The normalized spacial score (nSPS) is 10.8. The van der Waals surface area contributed by atoms with Crippen LogP contribution >= 0.6 is 11.3 Å². The van der Waals surface area contributed by atoms with Crippen molar-refractivity contribution in [3.8, 4) is 0 Å². The van der Waals surface area contributed by atoms with E-state index >= 15 is 0 Å². The zero-order valence-corrected chi connectivity index (χ0v) is 10.6. The molecule has 0 aliphatic heterocycles. The Hall–Kier alpha value is -2.48. The van der Waals surface area contributed by atoms with Crippen molar-refractivity contribution < 1.29 is 14.1 Å². The van der Waals surface area contributed by atoms with Gasteiger partial charge in [-0.15, -0.1) is 0 Å². The number of carbonyl (C=O) groups excluding carboxylic acids is 1. The molecule has 0 atom stereocenters. The number of hydrogen-bond donors (Lipinski definition) is 1. The van der Waals surface area contributed by atoms with E-state index in [9.17, 15) is 14.9 Å². The number of hydrazone groups is 1. The summed E-state index contributed by atoms with van der Waals surface area (Å²) in [6.07, 6.45) is 1.34. The molecule has 0 unspecified atom stereocenters. The highest BCUT2D eigenvalue weighted by Gasteiger charge is 2.09. The third-order valence-corrected chi connectivity index (χ3v) is 3.09. The molecule has 0 spiro atoms. The summed E-state index contributed by atoms with van der Waals surface area (Å²) in [4.78, 5) is 22.1. The summed E-state index contributed by atoms with van der Waals surface area (Å²) < 4.78 is 5.11. The van der Waals surface area contributed by atoms with Crippen LogP contribution in [0.15, 0.2) is 33.8 Å². The number of nitrogens with one attached hydrogen (secondary N) is 1. The van der Waals surface area contributed by atoms with E-state index in [2.05, 4.69) is 10.5 Å². The molecule has 1 N–H and O–H groups in total. The molecule has 2 aromatic heterocycles. The van der Waals surface area contributed by atoms with E-state index in [1.807, 2.05) is 0 Å². The smallest absolute Gasteiger partial charge is 0.324 e. The lowest BCUT2D eigenvalue weighted by Crippen LogP contribution is -2.16. The van der Waals surface area contributed by atoms with Crippen LogP contribution < -0.4 is 5.43 Å². The highest BCUT2D eigenvalue weighted by molar-refractivity contribution is 7.16. The largest absolute Gasteiger partial charge is 0.456 e. The maximum atomic E-state index is 11.5. The van der Waals surface area contributed by atoms with Crippen LogP contribution in [0, 0.1) is 17.0 Å². The lowest BCUT2D eigenvalue weighted by Gasteiger charge is -1.94. The van der Waals surface area contributed by atoms with Crippen LogP contribution in [-0.2, 0) is 0 Å². The molecule has 0 aliphatic rings.